The molecule has 0 N–H and O–H groups in total. The highest BCUT2D eigenvalue weighted by Crippen LogP contribution is 2.27. The molecule has 0 unspecified atom stereocenters. The molecule has 0 aliphatic heterocycles. The number of hydrogen-bond acceptors (Lipinski definition) is 5. The first kappa shape index (κ1) is 15.6. The van der Waals surface area contributed by atoms with Gasteiger partial charge in [-0.15, -0.1) is 11.8 Å². The topological polar surface area (TPSA) is 52.6 Å². The first-order valence-electron chi connectivity index (χ1n) is 6.16. The van der Waals surface area contributed by atoms with Crippen molar-refractivity contribution in [2.45, 2.75) is 31.1 Å². The highest BCUT2D eigenvalue weighted by atomic mass is 32.2. The zero-order valence-corrected chi connectivity index (χ0v) is 12.0. The van der Waals surface area contributed by atoms with Crippen LogP contribution >= 0.6 is 11.8 Å². The minimum atomic E-state index is -0.328. The standard InChI is InChI=1S/C14H18O4S/c1-3-17-13(15)9-6-10-14(16)18-11-7-4-5-8-12(11)19-2/h4-5,7-8H,3,6,9-10H2,1-2H3. The van der Waals surface area contributed by atoms with Crippen LogP contribution in [0.15, 0.2) is 29.2 Å². The van der Waals surface area contributed by atoms with Gasteiger partial charge in [0.05, 0.1) is 6.61 Å². The molecule has 0 saturated carbocycles. The van der Waals surface area contributed by atoms with Gasteiger partial charge in [0, 0.05) is 17.7 Å². The number of rotatable bonds is 7. The Bertz CT molecular complexity index is 431. The molecule has 0 heterocycles. The van der Waals surface area contributed by atoms with Crippen molar-refractivity contribution in [2.24, 2.45) is 0 Å². The van der Waals surface area contributed by atoms with E-state index in [9.17, 15) is 9.59 Å². The number of thioether (sulfide) groups is 1. The molecule has 0 aromatic heterocycles. The van der Waals surface area contributed by atoms with Crippen LogP contribution in [-0.2, 0) is 14.3 Å². The van der Waals surface area contributed by atoms with Gasteiger partial charge in [-0.3, -0.25) is 9.59 Å². The molecule has 1 aromatic rings. The van der Waals surface area contributed by atoms with Crippen molar-refractivity contribution in [3.63, 3.8) is 0 Å². The monoisotopic (exact) mass is 282 g/mol. The second-order valence-corrected chi connectivity index (χ2v) is 4.63. The molecule has 0 saturated heterocycles. The molecule has 1 rings (SSSR count). The van der Waals surface area contributed by atoms with Gasteiger partial charge >= 0.3 is 11.9 Å². The quantitative estimate of drug-likeness (QED) is 0.437. The third kappa shape index (κ3) is 5.79. The SMILES string of the molecule is CCOC(=O)CCCC(=O)Oc1ccccc1SC. The van der Waals surface area contributed by atoms with Crippen molar-refractivity contribution in [1.29, 1.82) is 0 Å². The molecule has 19 heavy (non-hydrogen) atoms. The Balaban J connectivity index is 2.37. The van der Waals surface area contributed by atoms with Gasteiger partial charge in [-0.1, -0.05) is 12.1 Å². The predicted octanol–water partition coefficient (Wildman–Crippen LogP) is 3.05. The van der Waals surface area contributed by atoms with E-state index in [1.165, 1.54) is 11.8 Å². The summed E-state index contributed by atoms with van der Waals surface area (Å²) in [5.41, 5.74) is 0. The maximum absolute atomic E-state index is 11.6. The van der Waals surface area contributed by atoms with Crippen LogP contribution in [0.3, 0.4) is 0 Å². The molecular formula is C14H18O4S. The molecular weight excluding hydrogens is 264 g/mol. The number of carbonyl (C=O) groups excluding carboxylic acids is 2. The lowest BCUT2D eigenvalue weighted by Gasteiger charge is -2.07. The Morgan fingerprint density at radius 3 is 2.53 bits per heavy atom. The minimum absolute atomic E-state index is 0.210. The molecule has 0 aliphatic rings. The molecule has 0 atom stereocenters. The lowest BCUT2D eigenvalue weighted by Crippen LogP contribution is -2.10. The molecule has 104 valence electrons. The molecule has 1 aromatic carbocycles. The van der Waals surface area contributed by atoms with Gasteiger partial charge in [-0.2, -0.15) is 0 Å². The zero-order chi connectivity index (χ0) is 14.1. The van der Waals surface area contributed by atoms with Gasteiger partial charge < -0.3 is 9.47 Å². The van der Waals surface area contributed by atoms with Crippen LogP contribution in [0.1, 0.15) is 26.2 Å². The van der Waals surface area contributed by atoms with E-state index in [1.54, 1.807) is 13.0 Å². The Kier molecular flexibility index (Phi) is 7.03. The summed E-state index contributed by atoms with van der Waals surface area (Å²) in [5.74, 6) is -0.0400. The minimum Gasteiger partial charge on any atom is -0.466 e. The molecule has 0 fully saturated rings. The number of para-hydroxylation sites is 1. The van der Waals surface area contributed by atoms with Crippen molar-refractivity contribution in [3.8, 4) is 5.75 Å². The highest BCUT2D eigenvalue weighted by Gasteiger charge is 2.10. The van der Waals surface area contributed by atoms with Gasteiger partial charge in [-0.05, 0) is 31.7 Å². The maximum atomic E-state index is 11.6. The first-order chi connectivity index (χ1) is 9.17. The fourth-order valence-electron chi connectivity index (χ4n) is 1.49. The summed E-state index contributed by atoms with van der Waals surface area (Å²) >= 11 is 1.52. The molecule has 0 radical (unpaired) electrons. The molecule has 0 aliphatic carbocycles. The Hall–Kier alpha value is -1.49. The van der Waals surface area contributed by atoms with Crippen LogP contribution in [0.4, 0.5) is 0 Å². The summed E-state index contributed by atoms with van der Waals surface area (Å²) < 4.78 is 10.1. The fourth-order valence-corrected chi connectivity index (χ4v) is 2.01. The number of benzene rings is 1. The van der Waals surface area contributed by atoms with Crippen LogP contribution < -0.4 is 4.74 Å². The lowest BCUT2D eigenvalue weighted by molar-refractivity contribution is -0.143. The molecule has 4 nitrogen and oxygen atoms in total. The van der Waals surface area contributed by atoms with Crippen LogP contribution in [0.2, 0.25) is 0 Å². The summed E-state index contributed by atoms with van der Waals surface area (Å²) in [5, 5.41) is 0. The first-order valence-corrected chi connectivity index (χ1v) is 7.39. The molecule has 0 spiro atoms. The average molecular weight is 282 g/mol. The normalized spacial score (nSPS) is 10.0. The number of hydrogen-bond donors (Lipinski definition) is 0. The van der Waals surface area contributed by atoms with E-state index in [2.05, 4.69) is 0 Å². The Morgan fingerprint density at radius 2 is 1.84 bits per heavy atom. The van der Waals surface area contributed by atoms with Crippen molar-refractivity contribution in [3.05, 3.63) is 24.3 Å². The number of carbonyl (C=O) groups is 2. The van der Waals surface area contributed by atoms with Gasteiger partial charge in [0.15, 0.2) is 0 Å². The van der Waals surface area contributed by atoms with E-state index in [1.807, 2.05) is 24.5 Å². The molecule has 0 amide bonds. The van der Waals surface area contributed by atoms with Crippen molar-refractivity contribution >= 4 is 23.7 Å². The summed E-state index contributed by atoms with van der Waals surface area (Å²) in [7, 11) is 0. The third-order valence-electron chi connectivity index (χ3n) is 2.36. The summed E-state index contributed by atoms with van der Waals surface area (Å²) in [6, 6.07) is 7.37. The van der Waals surface area contributed by atoms with Crippen LogP contribution in [-0.4, -0.2) is 24.8 Å². The summed E-state index contributed by atoms with van der Waals surface area (Å²) in [6.45, 7) is 2.12. The zero-order valence-electron chi connectivity index (χ0n) is 11.2. The highest BCUT2D eigenvalue weighted by molar-refractivity contribution is 7.98. The Morgan fingerprint density at radius 1 is 1.16 bits per heavy atom. The van der Waals surface area contributed by atoms with Crippen LogP contribution in [0, 0.1) is 0 Å². The number of esters is 2. The van der Waals surface area contributed by atoms with Gasteiger partial charge in [0.25, 0.3) is 0 Å². The van der Waals surface area contributed by atoms with Crippen molar-refractivity contribution in [1.82, 2.24) is 0 Å². The Labute approximate surface area is 117 Å². The van der Waals surface area contributed by atoms with Gasteiger partial charge in [-0.25, -0.2) is 0 Å². The second kappa shape index (κ2) is 8.58. The summed E-state index contributed by atoms with van der Waals surface area (Å²) in [4.78, 5) is 23.7. The van der Waals surface area contributed by atoms with E-state index in [0.717, 1.165) is 4.90 Å². The summed E-state index contributed by atoms with van der Waals surface area (Å²) in [6.07, 6.45) is 2.82. The lowest BCUT2D eigenvalue weighted by atomic mass is 10.2. The maximum Gasteiger partial charge on any atom is 0.311 e. The van der Waals surface area contributed by atoms with Crippen LogP contribution in [0.25, 0.3) is 0 Å². The van der Waals surface area contributed by atoms with E-state index in [-0.39, 0.29) is 24.8 Å². The number of ether oxygens (including phenoxy) is 2. The van der Waals surface area contributed by atoms with Crippen LogP contribution in [0.5, 0.6) is 5.75 Å². The van der Waals surface area contributed by atoms with E-state index < -0.39 is 0 Å². The second-order valence-electron chi connectivity index (χ2n) is 3.78. The average Bonchev–Trinajstić information content (AvgIpc) is 2.39. The van der Waals surface area contributed by atoms with E-state index >= 15 is 0 Å². The fraction of sp³-hybridized carbons (Fsp3) is 0.429. The predicted molar refractivity (Wildman–Crippen MR) is 74.3 cm³/mol. The van der Waals surface area contributed by atoms with E-state index in [0.29, 0.717) is 18.8 Å². The molecule has 5 heteroatoms. The third-order valence-corrected chi connectivity index (χ3v) is 3.14. The van der Waals surface area contributed by atoms with Gasteiger partial charge in [0.1, 0.15) is 5.75 Å². The van der Waals surface area contributed by atoms with Crippen molar-refractivity contribution < 1.29 is 19.1 Å². The largest absolute Gasteiger partial charge is 0.466 e. The van der Waals surface area contributed by atoms with E-state index in [4.69, 9.17) is 9.47 Å². The molecule has 0 bridgehead atoms. The van der Waals surface area contributed by atoms with Crippen molar-refractivity contribution in [2.75, 3.05) is 12.9 Å². The smallest absolute Gasteiger partial charge is 0.311 e. The van der Waals surface area contributed by atoms with Gasteiger partial charge in [0.2, 0.25) is 0 Å².